The second kappa shape index (κ2) is 8.30. The number of methoxy groups -OCH3 is 1. The van der Waals surface area contributed by atoms with Crippen LogP contribution in [0.1, 0.15) is 44.2 Å². The maximum atomic E-state index is 12.0. The highest BCUT2D eigenvalue weighted by Crippen LogP contribution is 2.27. The summed E-state index contributed by atoms with van der Waals surface area (Å²) in [7, 11) is 1.65. The second-order valence-electron chi connectivity index (χ2n) is 7.22. The van der Waals surface area contributed by atoms with Crippen LogP contribution in [0.5, 0.6) is 0 Å². The Morgan fingerprint density at radius 2 is 1.92 bits per heavy atom. The van der Waals surface area contributed by atoms with Gasteiger partial charge in [0.2, 0.25) is 11.8 Å². The molecule has 2 aromatic rings. The summed E-state index contributed by atoms with van der Waals surface area (Å²) in [4.78, 5) is 16.5. The molecule has 0 atom stereocenters. The van der Waals surface area contributed by atoms with Crippen molar-refractivity contribution in [3.05, 3.63) is 41.3 Å². The van der Waals surface area contributed by atoms with E-state index in [0.29, 0.717) is 30.5 Å². The summed E-state index contributed by atoms with van der Waals surface area (Å²) in [5, 5.41) is 2.87. The monoisotopic (exact) mass is 344 g/mol. The highest BCUT2D eigenvalue weighted by Gasteiger charge is 2.16. The van der Waals surface area contributed by atoms with Crippen LogP contribution in [-0.4, -0.2) is 31.2 Å². The van der Waals surface area contributed by atoms with E-state index in [2.05, 4.69) is 43.2 Å². The molecule has 1 heterocycles. The zero-order valence-corrected chi connectivity index (χ0v) is 15.8. The molecule has 5 nitrogen and oxygen atoms in total. The summed E-state index contributed by atoms with van der Waals surface area (Å²) >= 11 is 0. The van der Waals surface area contributed by atoms with Gasteiger partial charge in [0, 0.05) is 25.8 Å². The predicted molar refractivity (Wildman–Crippen MR) is 98.6 cm³/mol. The zero-order chi connectivity index (χ0) is 18.4. The van der Waals surface area contributed by atoms with Gasteiger partial charge in [-0.2, -0.15) is 0 Å². The van der Waals surface area contributed by atoms with Gasteiger partial charge in [-0.1, -0.05) is 32.9 Å². The van der Waals surface area contributed by atoms with Crippen LogP contribution >= 0.6 is 0 Å². The van der Waals surface area contributed by atoms with Gasteiger partial charge in [-0.3, -0.25) is 4.79 Å². The lowest BCUT2D eigenvalue weighted by atomic mass is 9.87. The van der Waals surface area contributed by atoms with E-state index in [4.69, 9.17) is 9.15 Å². The van der Waals surface area contributed by atoms with Gasteiger partial charge in [0.1, 0.15) is 5.76 Å². The third-order valence-corrected chi connectivity index (χ3v) is 4.07. The molecule has 1 N–H and O–H groups in total. The van der Waals surface area contributed by atoms with E-state index in [9.17, 15) is 4.79 Å². The fourth-order valence-electron chi connectivity index (χ4n) is 2.49. The fraction of sp³-hybridized carbons (Fsp3) is 0.500. The molecule has 0 aliphatic rings. The molecule has 0 aliphatic heterocycles. The quantitative estimate of drug-likeness (QED) is 0.779. The number of amides is 1. The van der Waals surface area contributed by atoms with E-state index in [1.165, 1.54) is 5.56 Å². The van der Waals surface area contributed by atoms with Gasteiger partial charge in [-0.25, -0.2) is 4.98 Å². The van der Waals surface area contributed by atoms with Crippen molar-refractivity contribution in [2.24, 2.45) is 0 Å². The van der Waals surface area contributed by atoms with Crippen LogP contribution in [0.4, 0.5) is 0 Å². The molecule has 0 fully saturated rings. The Bertz CT molecular complexity index is 697. The molecule has 0 spiro atoms. The molecule has 1 aromatic heterocycles. The van der Waals surface area contributed by atoms with E-state index in [0.717, 1.165) is 12.0 Å². The molecule has 0 unspecified atom stereocenters. The van der Waals surface area contributed by atoms with Crippen LogP contribution in [0.25, 0.3) is 11.5 Å². The molecular weight excluding hydrogens is 316 g/mol. The normalized spacial score (nSPS) is 11.6. The van der Waals surface area contributed by atoms with Gasteiger partial charge in [0.05, 0.1) is 12.1 Å². The number of benzene rings is 1. The number of hydrogen-bond acceptors (Lipinski definition) is 4. The van der Waals surface area contributed by atoms with Crippen molar-refractivity contribution in [3.8, 4) is 11.5 Å². The number of rotatable bonds is 7. The third kappa shape index (κ3) is 5.43. The minimum Gasteiger partial charge on any atom is -0.441 e. The number of carbonyl (C=O) groups excluding carboxylic acids is 1. The second-order valence-corrected chi connectivity index (χ2v) is 7.22. The molecule has 1 aromatic carbocycles. The molecule has 0 radical (unpaired) electrons. The molecule has 0 bridgehead atoms. The minimum absolute atomic E-state index is 0.0536. The van der Waals surface area contributed by atoms with Gasteiger partial charge in [-0.05, 0) is 36.5 Å². The Kier molecular flexibility index (Phi) is 6.37. The summed E-state index contributed by atoms with van der Waals surface area (Å²) in [6.07, 6.45) is 1.02. The largest absolute Gasteiger partial charge is 0.441 e. The number of ether oxygens (including phenoxy) is 1. The van der Waals surface area contributed by atoms with Crippen LogP contribution in [0, 0.1) is 6.92 Å². The molecule has 0 saturated carbocycles. The number of oxazole rings is 1. The lowest BCUT2D eigenvalue weighted by molar-refractivity contribution is -0.120. The minimum atomic E-state index is -0.0536. The van der Waals surface area contributed by atoms with E-state index in [1.807, 2.05) is 19.1 Å². The van der Waals surface area contributed by atoms with Crippen molar-refractivity contribution in [3.63, 3.8) is 0 Å². The van der Waals surface area contributed by atoms with Crippen LogP contribution < -0.4 is 5.32 Å². The lowest BCUT2D eigenvalue weighted by Crippen LogP contribution is -2.27. The first-order valence-corrected chi connectivity index (χ1v) is 8.64. The Hall–Kier alpha value is -2.14. The maximum Gasteiger partial charge on any atom is 0.226 e. The summed E-state index contributed by atoms with van der Waals surface area (Å²) in [6.45, 7) is 9.62. The van der Waals surface area contributed by atoms with E-state index < -0.39 is 0 Å². The first-order chi connectivity index (χ1) is 11.8. The smallest absolute Gasteiger partial charge is 0.226 e. The first kappa shape index (κ1) is 19.2. The fourth-order valence-corrected chi connectivity index (χ4v) is 2.49. The van der Waals surface area contributed by atoms with E-state index in [-0.39, 0.29) is 17.7 Å². The third-order valence-electron chi connectivity index (χ3n) is 4.07. The Labute approximate surface area is 149 Å². The number of nitrogens with one attached hydrogen (secondary N) is 1. The molecule has 5 heteroatoms. The molecule has 2 rings (SSSR count). The van der Waals surface area contributed by atoms with Crippen molar-refractivity contribution in [1.82, 2.24) is 10.3 Å². The van der Waals surface area contributed by atoms with Crippen LogP contribution in [0.15, 0.2) is 28.7 Å². The Morgan fingerprint density at radius 1 is 1.24 bits per heavy atom. The SMILES string of the molecule is COCCCNC(=O)Cc1nc(-c2ccc(C(C)(C)C)cc2)oc1C. The Morgan fingerprint density at radius 3 is 2.52 bits per heavy atom. The number of aryl methyl sites for hydroxylation is 1. The van der Waals surface area contributed by atoms with Crippen LogP contribution in [-0.2, 0) is 21.4 Å². The van der Waals surface area contributed by atoms with Crippen molar-refractivity contribution in [1.29, 1.82) is 0 Å². The summed E-state index contributed by atoms with van der Waals surface area (Å²) < 4.78 is 10.7. The topological polar surface area (TPSA) is 64.4 Å². The average Bonchev–Trinajstić information content (AvgIpc) is 2.92. The Balaban J connectivity index is 2.03. The molecule has 0 aliphatic carbocycles. The predicted octanol–water partition coefficient (Wildman–Crippen LogP) is 3.64. The van der Waals surface area contributed by atoms with E-state index in [1.54, 1.807) is 7.11 Å². The van der Waals surface area contributed by atoms with Crippen molar-refractivity contribution in [2.75, 3.05) is 20.3 Å². The molecule has 136 valence electrons. The van der Waals surface area contributed by atoms with Crippen molar-refractivity contribution in [2.45, 2.75) is 46.0 Å². The van der Waals surface area contributed by atoms with Crippen molar-refractivity contribution >= 4 is 5.91 Å². The van der Waals surface area contributed by atoms with E-state index >= 15 is 0 Å². The molecule has 25 heavy (non-hydrogen) atoms. The van der Waals surface area contributed by atoms with Crippen LogP contribution in [0.2, 0.25) is 0 Å². The maximum absolute atomic E-state index is 12.0. The molecule has 0 saturated heterocycles. The van der Waals surface area contributed by atoms with Gasteiger partial charge < -0.3 is 14.5 Å². The zero-order valence-electron chi connectivity index (χ0n) is 15.8. The number of aromatic nitrogens is 1. The number of nitrogens with zero attached hydrogens (tertiary/aromatic N) is 1. The standard InChI is InChI=1S/C20H28N2O3/c1-14-17(13-18(23)21-11-6-12-24-5)22-19(25-14)15-7-9-16(10-8-15)20(2,3)4/h7-10H,6,11-13H2,1-5H3,(H,21,23). The summed E-state index contributed by atoms with van der Waals surface area (Å²) in [5.41, 5.74) is 2.97. The summed E-state index contributed by atoms with van der Waals surface area (Å²) in [5.74, 6) is 1.18. The number of hydrogen-bond donors (Lipinski definition) is 1. The highest BCUT2D eigenvalue weighted by molar-refractivity contribution is 5.78. The first-order valence-electron chi connectivity index (χ1n) is 8.64. The number of carbonyl (C=O) groups is 1. The summed E-state index contributed by atoms with van der Waals surface area (Å²) in [6, 6.07) is 8.22. The van der Waals surface area contributed by atoms with Gasteiger partial charge >= 0.3 is 0 Å². The van der Waals surface area contributed by atoms with Gasteiger partial charge in [0.15, 0.2) is 0 Å². The van der Waals surface area contributed by atoms with Crippen LogP contribution in [0.3, 0.4) is 0 Å². The van der Waals surface area contributed by atoms with Gasteiger partial charge in [0.25, 0.3) is 0 Å². The average molecular weight is 344 g/mol. The van der Waals surface area contributed by atoms with Crippen molar-refractivity contribution < 1.29 is 13.9 Å². The lowest BCUT2D eigenvalue weighted by Gasteiger charge is -2.18. The molecule has 1 amide bonds. The van der Waals surface area contributed by atoms with Gasteiger partial charge in [-0.15, -0.1) is 0 Å². The highest BCUT2D eigenvalue weighted by atomic mass is 16.5. The molecular formula is C20H28N2O3.